The SMILES string of the molecule is CC1CCC(Nc2cc(F)ccc2[N+](=O)[O-])C1. The Morgan fingerprint density at radius 2 is 2.24 bits per heavy atom. The molecule has 2 rings (SSSR count). The zero-order valence-electron chi connectivity index (χ0n) is 9.65. The molecule has 5 heteroatoms. The summed E-state index contributed by atoms with van der Waals surface area (Å²) in [6, 6.07) is 3.73. The van der Waals surface area contributed by atoms with E-state index in [0.29, 0.717) is 5.92 Å². The second-order valence-electron chi connectivity index (χ2n) is 4.68. The number of anilines is 1. The van der Waals surface area contributed by atoms with Crippen molar-refractivity contribution in [1.29, 1.82) is 0 Å². The molecule has 0 heterocycles. The van der Waals surface area contributed by atoms with Gasteiger partial charge >= 0.3 is 0 Å². The number of nitrogens with zero attached hydrogens (tertiary/aromatic N) is 1. The fraction of sp³-hybridized carbons (Fsp3) is 0.500. The lowest BCUT2D eigenvalue weighted by atomic mass is 10.1. The molecule has 2 atom stereocenters. The van der Waals surface area contributed by atoms with Crippen LogP contribution in [0.15, 0.2) is 18.2 Å². The fourth-order valence-corrected chi connectivity index (χ4v) is 2.34. The normalized spacial score (nSPS) is 23.6. The molecule has 1 aliphatic carbocycles. The Labute approximate surface area is 99.0 Å². The van der Waals surface area contributed by atoms with Crippen molar-refractivity contribution in [3.63, 3.8) is 0 Å². The molecule has 1 N–H and O–H groups in total. The molecule has 1 saturated carbocycles. The van der Waals surface area contributed by atoms with Crippen molar-refractivity contribution in [1.82, 2.24) is 0 Å². The van der Waals surface area contributed by atoms with Crippen LogP contribution >= 0.6 is 0 Å². The minimum atomic E-state index is -0.486. The average molecular weight is 238 g/mol. The molecule has 0 aliphatic heterocycles. The van der Waals surface area contributed by atoms with Gasteiger partial charge in [-0.2, -0.15) is 0 Å². The predicted octanol–water partition coefficient (Wildman–Crippen LogP) is 3.33. The smallest absolute Gasteiger partial charge is 0.292 e. The van der Waals surface area contributed by atoms with E-state index in [9.17, 15) is 14.5 Å². The molecule has 0 aromatic heterocycles. The molecule has 2 unspecified atom stereocenters. The van der Waals surface area contributed by atoms with Gasteiger partial charge in [-0.3, -0.25) is 10.1 Å². The Hall–Kier alpha value is -1.65. The lowest BCUT2D eigenvalue weighted by Crippen LogP contribution is -2.16. The van der Waals surface area contributed by atoms with E-state index in [4.69, 9.17) is 0 Å². The van der Waals surface area contributed by atoms with Crippen molar-refractivity contribution >= 4 is 11.4 Å². The fourth-order valence-electron chi connectivity index (χ4n) is 2.34. The molecule has 1 aromatic carbocycles. The number of benzene rings is 1. The van der Waals surface area contributed by atoms with Gasteiger partial charge in [0.1, 0.15) is 11.5 Å². The zero-order valence-corrected chi connectivity index (χ0v) is 9.65. The topological polar surface area (TPSA) is 55.2 Å². The number of nitro groups is 1. The van der Waals surface area contributed by atoms with Gasteiger partial charge in [-0.1, -0.05) is 6.92 Å². The lowest BCUT2D eigenvalue weighted by molar-refractivity contribution is -0.384. The van der Waals surface area contributed by atoms with E-state index < -0.39 is 10.7 Å². The van der Waals surface area contributed by atoms with Crippen LogP contribution in [-0.4, -0.2) is 11.0 Å². The lowest BCUT2D eigenvalue weighted by Gasteiger charge is -2.14. The minimum Gasteiger partial charge on any atom is -0.377 e. The maximum atomic E-state index is 13.1. The minimum absolute atomic E-state index is 0.0639. The van der Waals surface area contributed by atoms with Gasteiger partial charge < -0.3 is 5.32 Å². The van der Waals surface area contributed by atoms with Gasteiger partial charge in [0.05, 0.1) is 4.92 Å². The summed E-state index contributed by atoms with van der Waals surface area (Å²) in [7, 11) is 0. The first-order valence-electron chi connectivity index (χ1n) is 5.76. The third-order valence-electron chi connectivity index (χ3n) is 3.21. The number of nitro benzene ring substituents is 1. The summed E-state index contributed by atoms with van der Waals surface area (Å²) >= 11 is 0. The summed E-state index contributed by atoms with van der Waals surface area (Å²) in [5.41, 5.74) is 0.222. The van der Waals surface area contributed by atoms with Gasteiger partial charge in [0.2, 0.25) is 0 Å². The predicted molar refractivity (Wildman–Crippen MR) is 63.5 cm³/mol. The van der Waals surface area contributed by atoms with Crippen molar-refractivity contribution in [2.45, 2.75) is 32.2 Å². The highest BCUT2D eigenvalue weighted by molar-refractivity contribution is 5.61. The van der Waals surface area contributed by atoms with Crippen molar-refractivity contribution in [3.05, 3.63) is 34.1 Å². The van der Waals surface area contributed by atoms with Crippen LogP contribution in [0.4, 0.5) is 15.8 Å². The Kier molecular flexibility index (Phi) is 3.26. The molecule has 0 saturated heterocycles. The van der Waals surface area contributed by atoms with E-state index in [1.807, 2.05) is 0 Å². The first-order chi connectivity index (χ1) is 8.06. The van der Waals surface area contributed by atoms with E-state index in [1.54, 1.807) is 0 Å². The van der Waals surface area contributed by atoms with Gasteiger partial charge in [-0.05, 0) is 31.2 Å². The number of hydrogen-bond acceptors (Lipinski definition) is 3. The molecule has 4 nitrogen and oxygen atoms in total. The summed E-state index contributed by atoms with van der Waals surface area (Å²) in [6.07, 6.45) is 3.07. The standard InChI is InChI=1S/C12H15FN2O2/c1-8-2-4-10(6-8)14-11-7-9(13)3-5-12(11)15(16)17/h3,5,7-8,10,14H,2,4,6H2,1H3. The molecule has 17 heavy (non-hydrogen) atoms. The van der Waals surface area contributed by atoms with Gasteiger partial charge in [0.25, 0.3) is 5.69 Å². The van der Waals surface area contributed by atoms with E-state index in [-0.39, 0.29) is 17.4 Å². The van der Waals surface area contributed by atoms with Crippen molar-refractivity contribution < 1.29 is 9.31 Å². The zero-order chi connectivity index (χ0) is 12.4. The highest BCUT2D eigenvalue weighted by Crippen LogP contribution is 2.31. The van der Waals surface area contributed by atoms with Crippen LogP contribution in [0.5, 0.6) is 0 Å². The second kappa shape index (κ2) is 4.69. The van der Waals surface area contributed by atoms with Crippen LogP contribution in [0.1, 0.15) is 26.2 Å². The van der Waals surface area contributed by atoms with E-state index in [1.165, 1.54) is 12.1 Å². The second-order valence-corrected chi connectivity index (χ2v) is 4.68. The molecule has 0 amide bonds. The molecule has 1 aromatic rings. The summed E-state index contributed by atoms with van der Waals surface area (Å²) in [6.45, 7) is 2.15. The van der Waals surface area contributed by atoms with Crippen LogP contribution in [-0.2, 0) is 0 Å². The molecule has 0 radical (unpaired) electrons. The number of nitrogens with one attached hydrogen (secondary N) is 1. The Morgan fingerprint density at radius 3 is 2.82 bits per heavy atom. The van der Waals surface area contributed by atoms with Crippen LogP contribution in [0, 0.1) is 21.8 Å². The Bertz CT molecular complexity index is 437. The number of hydrogen-bond donors (Lipinski definition) is 1. The molecule has 0 bridgehead atoms. The summed E-state index contributed by atoms with van der Waals surface area (Å²) in [5, 5.41) is 13.9. The third-order valence-corrected chi connectivity index (χ3v) is 3.21. The molecular weight excluding hydrogens is 223 g/mol. The summed E-state index contributed by atoms with van der Waals surface area (Å²) in [5.74, 6) is 0.171. The van der Waals surface area contributed by atoms with Crippen LogP contribution < -0.4 is 5.32 Å². The molecular formula is C12H15FN2O2. The van der Waals surface area contributed by atoms with Crippen molar-refractivity contribution in [3.8, 4) is 0 Å². The molecule has 1 aliphatic rings. The monoisotopic (exact) mass is 238 g/mol. The van der Waals surface area contributed by atoms with Crippen LogP contribution in [0.25, 0.3) is 0 Å². The van der Waals surface area contributed by atoms with Gasteiger partial charge in [-0.15, -0.1) is 0 Å². The van der Waals surface area contributed by atoms with Crippen LogP contribution in [0.3, 0.4) is 0 Å². The maximum absolute atomic E-state index is 13.1. The number of halogens is 1. The summed E-state index contributed by atoms with van der Waals surface area (Å²) < 4.78 is 13.1. The largest absolute Gasteiger partial charge is 0.377 e. The van der Waals surface area contributed by atoms with Crippen LogP contribution in [0.2, 0.25) is 0 Å². The third kappa shape index (κ3) is 2.72. The van der Waals surface area contributed by atoms with E-state index in [2.05, 4.69) is 12.2 Å². The van der Waals surface area contributed by atoms with Gasteiger partial charge in [-0.25, -0.2) is 4.39 Å². The first kappa shape index (κ1) is 11.8. The molecule has 1 fully saturated rings. The van der Waals surface area contributed by atoms with Gasteiger partial charge in [0.15, 0.2) is 0 Å². The van der Waals surface area contributed by atoms with Gasteiger partial charge in [0, 0.05) is 18.2 Å². The van der Waals surface area contributed by atoms with E-state index >= 15 is 0 Å². The van der Waals surface area contributed by atoms with Crippen molar-refractivity contribution in [2.24, 2.45) is 5.92 Å². The Morgan fingerprint density at radius 1 is 1.47 bits per heavy atom. The highest BCUT2D eigenvalue weighted by Gasteiger charge is 2.24. The Balaban J connectivity index is 2.19. The summed E-state index contributed by atoms with van der Waals surface area (Å²) in [4.78, 5) is 10.3. The van der Waals surface area contributed by atoms with E-state index in [0.717, 1.165) is 25.3 Å². The quantitative estimate of drug-likeness (QED) is 0.649. The number of rotatable bonds is 3. The highest BCUT2D eigenvalue weighted by atomic mass is 19.1. The van der Waals surface area contributed by atoms with Crippen molar-refractivity contribution in [2.75, 3.05) is 5.32 Å². The molecule has 92 valence electrons. The first-order valence-corrected chi connectivity index (χ1v) is 5.76. The average Bonchev–Trinajstić information content (AvgIpc) is 2.63. The maximum Gasteiger partial charge on any atom is 0.292 e. The molecule has 0 spiro atoms.